The van der Waals surface area contributed by atoms with E-state index in [1.54, 1.807) is 60.7 Å². The van der Waals surface area contributed by atoms with E-state index >= 15 is 0 Å². The van der Waals surface area contributed by atoms with E-state index in [2.05, 4.69) is 0 Å². The molecular formula is C26H19IO5S. The summed E-state index contributed by atoms with van der Waals surface area (Å²) < 4.78 is 39.6. The van der Waals surface area contributed by atoms with Crippen molar-refractivity contribution in [2.75, 3.05) is 0 Å². The molecule has 0 unspecified atom stereocenters. The van der Waals surface area contributed by atoms with Gasteiger partial charge in [-0.05, 0) is 0 Å². The molecule has 0 N–H and O–H groups in total. The summed E-state index contributed by atoms with van der Waals surface area (Å²) in [6, 6.07) is 28.2. The number of halogens is 1. The molecule has 0 aliphatic heterocycles. The fourth-order valence-electron chi connectivity index (χ4n) is 3.43. The third-order valence-electron chi connectivity index (χ3n) is 5.12. The summed E-state index contributed by atoms with van der Waals surface area (Å²) in [6.07, 6.45) is 0. The van der Waals surface area contributed by atoms with Crippen LogP contribution in [0.15, 0.2) is 111 Å². The quantitative estimate of drug-likeness (QED) is 0.188. The summed E-state index contributed by atoms with van der Waals surface area (Å²) in [6.45, 7) is 1.89. The van der Waals surface area contributed by atoms with Crippen LogP contribution >= 0.6 is 20.2 Å². The van der Waals surface area contributed by atoms with Gasteiger partial charge in [0.25, 0.3) is 0 Å². The van der Waals surface area contributed by atoms with E-state index in [0.717, 1.165) is 9.13 Å². The molecule has 0 saturated heterocycles. The molecule has 166 valence electrons. The van der Waals surface area contributed by atoms with Crippen LogP contribution in [-0.2, 0) is 12.6 Å². The van der Waals surface area contributed by atoms with Gasteiger partial charge in [-0.3, -0.25) is 0 Å². The zero-order chi connectivity index (χ0) is 23.0. The molecule has 4 aromatic carbocycles. The van der Waals surface area contributed by atoms with E-state index in [4.69, 9.17) is 6.93 Å². The van der Waals surface area contributed by atoms with Crippen molar-refractivity contribution in [1.29, 1.82) is 0 Å². The summed E-state index contributed by atoms with van der Waals surface area (Å²) in [5.41, 5.74) is 1.77. The van der Waals surface area contributed by atoms with Gasteiger partial charge in [-0.15, -0.1) is 0 Å². The predicted molar refractivity (Wildman–Crippen MR) is 137 cm³/mol. The van der Waals surface area contributed by atoms with Crippen molar-refractivity contribution in [3.63, 3.8) is 0 Å². The fourth-order valence-corrected chi connectivity index (χ4v) is 10.5. The van der Waals surface area contributed by atoms with Crippen LogP contribution in [-0.4, -0.2) is 8.42 Å². The van der Waals surface area contributed by atoms with Crippen molar-refractivity contribution in [3.8, 4) is 0 Å². The minimum atomic E-state index is -4.00. The number of benzene rings is 4. The molecule has 33 heavy (non-hydrogen) atoms. The molecule has 5 rings (SSSR count). The maximum absolute atomic E-state index is 13.1. The fraction of sp³-hybridized carbons (Fsp3) is 0.0385. The van der Waals surface area contributed by atoms with Crippen molar-refractivity contribution in [1.82, 2.24) is 0 Å². The monoisotopic (exact) mass is 570 g/mol. The summed E-state index contributed by atoms with van der Waals surface area (Å²) in [4.78, 5) is 13.2. The Bertz CT molecular complexity index is 1630. The summed E-state index contributed by atoms with van der Waals surface area (Å²) in [5, 5.41) is 0.885. The van der Waals surface area contributed by atoms with E-state index in [-0.39, 0.29) is 10.3 Å². The molecule has 0 aliphatic rings. The van der Waals surface area contributed by atoms with E-state index in [9.17, 15) is 13.2 Å². The predicted octanol–water partition coefficient (Wildman–Crippen LogP) is 6.12. The van der Waals surface area contributed by atoms with Crippen LogP contribution in [0.25, 0.3) is 21.9 Å². The average Bonchev–Trinajstić information content (AvgIpc) is 2.83. The minimum absolute atomic E-state index is 0.109. The Labute approximate surface area is 198 Å². The number of aryl methyl sites for hydroxylation is 1. The van der Waals surface area contributed by atoms with E-state index in [1.165, 1.54) is 0 Å². The third-order valence-corrected chi connectivity index (χ3v) is 12.4. The van der Waals surface area contributed by atoms with Gasteiger partial charge >= 0.3 is 199 Å². The summed E-state index contributed by atoms with van der Waals surface area (Å²) in [7, 11) is -4.00. The summed E-state index contributed by atoms with van der Waals surface area (Å²) >= 11 is -2.94. The van der Waals surface area contributed by atoms with Gasteiger partial charge in [0.1, 0.15) is 0 Å². The first-order valence-electron chi connectivity index (χ1n) is 10.1. The molecule has 7 heteroatoms. The zero-order valence-corrected chi connectivity index (χ0v) is 20.5. The molecule has 0 amide bonds. The molecule has 0 bridgehead atoms. The van der Waals surface area contributed by atoms with Crippen LogP contribution in [0.4, 0.5) is 0 Å². The topological polar surface area (TPSA) is 73.6 Å². The molecule has 0 saturated carbocycles. The second-order valence-corrected chi connectivity index (χ2v) is 13.9. The van der Waals surface area contributed by atoms with Crippen LogP contribution < -0.4 is 5.43 Å². The van der Waals surface area contributed by atoms with Gasteiger partial charge < -0.3 is 0 Å². The van der Waals surface area contributed by atoms with Gasteiger partial charge in [0.05, 0.1) is 0 Å². The van der Waals surface area contributed by atoms with E-state index < -0.39 is 30.4 Å². The van der Waals surface area contributed by atoms with Crippen LogP contribution in [0.3, 0.4) is 0 Å². The van der Waals surface area contributed by atoms with E-state index in [0.29, 0.717) is 25.5 Å². The van der Waals surface area contributed by atoms with Gasteiger partial charge in [0, 0.05) is 0 Å². The molecule has 0 radical (unpaired) electrons. The number of rotatable bonds is 5. The van der Waals surface area contributed by atoms with Crippen LogP contribution in [0.1, 0.15) is 5.56 Å². The molecule has 0 aliphatic carbocycles. The molecular weight excluding hydrogens is 551 g/mol. The number of hydrogen-bond acceptors (Lipinski definition) is 5. The first-order valence-corrected chi connectivity index (χ1v) is 14.6. The Balaban J connectivity index is 1.65. The van der Waals surface area contributed by atoms with E-state index in [1.807, 2.05) is 43.3 Å². The zero-order valence-electron chi connectivity index (χ0n) is 17.6. The first kappa shape index (κ1) is 21.8. The Morgan fingerprint density at radius 1 is 0.727 bits per heavy atom. The van der Waals surface area contributed by atoms with Crippen LogP contribution in [0.5, 0.6) is 0 Å². The van der Waals surface area contributed by atoms with Crippen molar-refractivity contribution in [3.05, 3.63) is 120 Å². The van der Waals surface area contributed by atoms with Gasteiger partial charge in [-0.25, -0.2) is 0 Å². The Morgan fingerprint density at radius 3 is 2.15 bits per heavy atom. The number of para-hydroxylation sites is 1. The van der Waals surface area contributed by atoms with Crippen LogP contribution in [0.2, 0.25) is 0 Å². The summed E-state index contributed by atoms with van der Waals surface area (Å²) in [5.74, 6) is 0. The molecule has 0 atom stereocenters. The Kier molecular flexibility index (Phi) is 5.77. The SMILES string of the molecule is Cc1ccc(S(=O)(=O)OI(c2ccccc2)c2ccc3oc4ccccc4c(=O)c3c2)cc1. The second kappa shape index (κ2) is 8.74. The first-order chi connectivity index (χ1) is 15.9. The normalized spacial score (nSPS) is 12.2. The number of hydrogen-bond donors (Lipinski definition) is 0. The maximum atomic E-state index is 13.1. The molecule has 5 aromatic rings. The molecule has 0 fully saturated rings. The molecule has 5 nitrogen and oxygen atoms in total. The third kappa shape index (κ3) is 4.31. The Morgan fingerprint density at radius 2 is 1.39 bits per heavy atom. The Hall–Kier alpha value is -3.01. The number of fused-ring (bicyclic) bond motifs is 2. The van der Waals surface area contributed by atoms with Crippen molar-refractivity contribution in [2.24, 2.45) is 0 Å². The standard InChI is InChI=1S/C26H19IO5S/c1-18-11-14-21(15-12-18)33(29,30)32-27(19-7-3-2-4-8-19)20-13-16-25-23(17-20)26(28)22-9-5-6-10-24(22)31-25/h2-17H,1H3. The van der Waals surface area contributed by atoms with Crippen molar-refractivity contribution in [2.45, 2.75) is 11.8 Å². The van der Waals surface area contributed by atoms with Gasteiger partial charge in [-0.1, -0.05) is 0 Å². The van der Waals surface area contributed by atoms with Crippen molar-refractivity contribution < 1.29 is 15.3 Å². The van der Waals surface area contributed by atoms with Gasteiger partial charge in [0.2, 0.25) is 0 Å². The van der Waals surface area contributed by atoms with Gasteiger partial charge in [0.15, 0.2) is 0 Å². The second-order valence-electron chi connectivity index (χ2n) is 7.44. The molecule has 0 spiro atoms. The van der Waals surface area contributed by atoms with Crippen LogP contribution in [0, 0.1) is 14.1 Å². The molecule has 1 aromatic heterocycles. The molecule has 1 heterocycles. The van der Waals surface area contributed by atoms with Gasteiger partial charge in [-0.2, -0.15) is 0 Å². The van der Waals surface area contributed by atoms with Crippen molar-refractivity contribution >= 4 is 52.3 Å². The average molecular weight is 570 g/mol.